The SMILES string of the molecule is CCc1cc(O)ccc1-c1ccc2c(-c3nc(C4=CCN(C5CN(C)C5)CC4)c[nH]3)n[nH]c2c1. The second-order valence-corrected chi connectivity index (χ2v) is 9.51. The quantitative estimate of drug-likeness (QED) is 0.419. The first-order valence-corrected chi connectivity index (χ1v) is 12.1. The molecule has 0 spiro atoms. The number of benzene rings is 2. The highest BCUT2D eigenvalue weighted by Gasteiger charge is 2.30. The van der Waals surface area contributed by atoms with Crippen LogP contribution in [-0.2, 0) is 6.42 Å². The normalized spacial score (nSPS) is 17.8. The number of likely N-dealkylation sites (tertiary alicyclic amines) is 1. The fourth-order valence-corrected chi connectivity index (χ4v) is 5.28. The van der Waals surface area contributed by atoms with Gasteiger partial charge in [0.2, 0.25) is 0 Å². The van der Waals surface area contributed by atoms with E-state index in [1.807, 2.05) is 18.3 Å². The number of rotatable bonds is 5. The third-order valence-electron chi connectivity index (χ3n) is 7.28. The molecule has 0 saturated carbocycles. The lowest BCUT2D eigenvalue weighted by atomic mass is 9.97. The zero-order valence-electron chi connectivity index (χ0n) is 19.7. The number of phenols is 1. The van der Waals surface area contributed by atoms with Crippen molar-refractivity contribution in [3.63, 3.8) is 0 Å². The zero-order chi connectivity index (χ0) is 23.2. The average molecular weight is 455 g/mol. The van der Waals surface area contributed by atoms with Gasteiger partial charge in [0.25, 0.3) is 0 Å². The number of hydrogen-bond acceptors (Lipinski definition) is 5. The monoisotopic (exact) mass is 454 g/mol. The Morgan fingerprint density at radius 1 is 1.15 bits per heavy atom. The molecule has 0 aliphatic carbocycles. The summed E-state index contributed by atoms with van der Waals surface area (Å²) in [5.74, 6) is 1.09. The molecule has 174 valence electrons. The number of phenolic OH excluding ortho intramolecular Hbond substituents is 1. The van der Waals surface area contributed by atoms with E-state index in [0.717, 1.165) is 70.7 Å². The van der Waals surface area contributed by atoms with Gasteiger partial charge >= 0.3 is 0 Å². The van der Waals surface area contributed by atoms with Crippen LogP contribution in [0.15, 0.2) is 48.7 Å². The summed E-state index contributed by atoms with van der Waals surface area (Å²) in [6.45, 7) is 6.55. The van der Waals surface area contributed by atoms with E-state index in [9.17, 15) is 5.11 Å². The molecule has 1 fully saturated rings. The summed E-state index contributed by atoms with van der Waals surface area (Å²) in [4.78, 5) is 13.2. The molecular formula is C27H30N6O. The van der Waals surface area contributed by atoms with E-state index in [4.69, 9.17) is 4.98 Å². The molecule has 2 aliphatic rings. The first kappa shape index (κ1) is 21.1. The number of nitrogens with one attached hydrogen (secondary N) is 2. The second-order valence-electron chi connectivity index (χ2n) is 9.51. The molecule has 0 atom stereocenters. The van der Waals surface area contributed by atoms with Gasteiger partial charge in [0.15, 0.2) is 5.82 Å². The van der Waals surface area contributed by atoms with E-state index in [1.165, 1.54) is 18.7 Å². The Hall–Kier alpha value is -3.42. The van der Waals surface area contributed by atoms with Gasteiger partial charge in [-0.1, -0.05) is 25.1 Å². The van der Waals surface area contributed by atoms with Crippen molar-refractivity contribution in [1.82, 2.24) is 30.0 Å². The fraction of sp³-hybridized carbons (Fsp3) is 0.333. The van der Waals surface area contributed by atoms with Gasteiger partial charge in [0.1, 0.15) is 11.4 Å². The van der Waals surface area contributed by atoms with Crippen molar-refractivity contribution < 1.29 is 5.11 Å². The number of fused-ring (bicyclic) bond motifs is 1. The van der Waals surface area contributed by atoms with Crippen LogP contribution < -0.4 is 0 Å². The summed E-state index contributed by atoms with van der Waals surface area (Å²) in [5, 5.41) is 18.6. The Morgan fingerprint density at radius 2 is 2.03 bits per heavy atom. The van der Waals surface area contributed by atoms with Crippen molar-refractivity contribution in [2.45, 2.75) is 25.8 Å². The fourth-order valence-electron chi connectivity index (χ4n) is 5.28. The van der Waals surface area contributed by atoms with Gasteiger partial charge in [-0.05, 0) is 66.4 Å². The lowest BCUT2D eigenvalue weighted by Crippen LogP contribution is -2.58. The molecule has 34 heavy (non-hydrogen) atoms. The van der Waals surface area contributed by atoms with Crippen molar-refractivity contribution in [2.75, 3.05) is 33.2 Å². The van der Waals surface area contributed by atoms with E-state index in [-0.39, 0.29) is 0 Å². The Kier molecular flexibility index (Phi) is 5.23. The largest absolute Gasteiger partial charge is 0.508 e. The highest BCUT2D eigenvalue weighted by molar-refractivity contribution is 5.94. The molecule has 3 N–H and O–H groups in total. The smallest absolute Gasteiger partial charge is 0.159 e. The van der Waals surface area contributed by atoms with Gasteiger partial charge in [-0.3, -0.25) is 10.00 Å². The van der Waals surface area contributed by atoms with Crippen LogP contribution >= 0.6 is 0 Å². The lowest BCUT2D eigenvalue weighted by Gasteiger charge is -2.44. The molecule has 0 radical (unpaired) electrons. The van der Waals surface area contributed by atoms with Crippen LogP contribution in [0.4, 0.5) is 0 Å². The third kappa shape index (κ3) is 3.71. The second kappa shape index (κ2) is 8.42. The van der Waals surface area contributed by atoms with E-state index in [1.54, 1.807) is 6.07 Å². The van der Waals surface area contributed by atoms with Crippen molar-refractivity contribution in [2.24, 2.45) is 0 Å². The molecule has 0 bridgehead atoms. The summed E-state index contributed by atoms with van der Waals surface area (Å²) < 4.78 is 0. The van der Waals surface area contributed by atoms with E-state index < -0.39 is 0 Å². The van der Waals surface area contributed by atoms with Crippen LogP contribution in [0.5, 0.6) is 5.75 Å². The number of nitrogens with zero attached hydrogens (tertiary/aromatic N) is 4. The number of likely N-dealkylation sites (N-methyl/N-ethyl adjacent to an activating group) is 1. The number of aryl methyl sites for hydroxylation is 1. The van der Waals surface area contributed by atoms with Crippen molar-refractivity contribution in [3.8, 4) is 28.4 Å². The summed E-state index contributed by atoms with van der Waals surface area (Å²) in [5.41, 5.74) is 7.50. The predicted molar refractivity (Wildman–Crippen MR) is 136 cm³/mol. The van der Waals surface area contributed by atoms with Crippen molar-refractivity contribution >= 4 is 16.5 Å². The zero-order valence-corrected chi connectivity index (χ0v) is 19.7. The van der Waals surface area contributed by atoms with Crippen LogP contribution in [0.2, 0.25) is 0 Å². The molecule has 0 unspecified atom stereocenters. The summed E-state index contributed by atoms with van der Waals surface area (Å²) in [6.07, 6.45) is 6.23. The summed E-state index contributed by atoms with van der Waals surface area (Å²) in [7, 11) is 2.18. The molecule has 2 aromatic carbocycles. The molecular weight excluding hydrogens is 424 g/mol. The number of aromatic nitrogens is 4. The van der Waals surface area contributed by atoms with Crippen LogP contribution in [0.3, 0.4) is 0 Å². The van der Waals surface area contributed by atoms with Gasteiger partial charge in [-0.25, -0.2) is 4.98 Å². The molecule has 0 amide bonds. The molecule has 1 saturated heterocycles. The van der Waals surface area contributed by atoms with Crippen LogP contribution in [-0.4, -0.2) is 74.3 Å². The Labute approximate surface area is 199 Å². The third-order valence-corrected chi connectivity index (χ3v) is 7.28. The highest BCUT2D eigenvalue weighted by Crippen LogP contribution is 2.33. The van der Waals surface area contributed by atoms with E-state index >= 15 is 0 Å². The van der Waals surface area contributed by atoms with Gasteiger partial charge in [0, 0.05) is 43.8 Å². The minimum absolute atomic E-state index is 0.301. The topological polar surface area (TPSA) is 84.1 Å². The molecule has 7 heteroatoms. The van der Waals surface area contributed by atoms with Gasteiger partial charge in [-0.15, -0.1) is 0 Å². The Morgan fingerprint density at radius 3 is 2.79 bits per heavy atom. The highest BCUT2D eigenvalue weighted by atomic mass is 16.3. The predicted octanol–water partition coefficient (Wildman–Crippen LogP) is 4.29. The Bertz CT molecular complexity index is 1380. The average Bonchev–Trinajstić information content (AvgIpc) is 3.49. The molecule has 4 heterocycles. The molecule has 7 nitrogen and oxygen atoms in total. The minimum atomic E-state index is 0.301. The molecule has 4 aromatic rings. The van der Waals surface area contributed by atoms with Crippen molar-refractivity contribution in [1.29, 1.82) is 0 Å². The number of aromatic amines is 2. The van der Waals surface area contributed by atoms with Crippen LogP contribution in [0.1, 0.15) is 24.6 Å². The first-order chi connectivity index (χ1) is 16.6. The number of hydrogen-bond donors (Lipinski definition) is 3. The van der Waals surface area contributed by atoms with Crippen LogP contribution in [0.25, 0.3) is 39.1 Å². The lowest BCUT2D eigenvalue weighted by molar-refractivity contribution is 0.0599. The van der Waals surface area contributed by atoms with Gasteiger partial charge in [-0.2, -0.15) is 5.10 Å². The minimum Gasteiger partial charge on any atom is -0.508 e. The van der Waals surface area contributed by atoms with E-state index in [0.29, 0.717) is 11.8 Å². The van der Waals surface area contributed by atoms with Gasteiger partial charge < -0.3 is 15.0 Å². The van der Waals surface area contributed by atoms with Crippen LogP contribution in [0, 0.1) is 0 Å². The summed E-state index contributed by atoms with van der Waals surface area (Å²) >= 11 is 0. The standard InChI is InChI=1S/C27H30N6O/c1-3-17-12-21(34)5-7-22(17)19-4-6-23-24(13-19)30-31-26(23)27-28-14-25(29-27)18-8-10-33(11-9-18)20-15-32(2)16-20/h4-8,12-14,20,34H,3,9-11,15-16H2,1-2H3,(H,28,29)(H,30,31). The van der Waals surface area contributed by atoms with E-state index in [2.05, 4.69) is 63.2 Å². The Balaban J connectivity index is 1.25. The first-order valence-electron chi connectivity index (χ1n) is 12.1. The van der Waals surface area contributed by atoms with Crippen molar-refractivity contribution in [3.05, 3.63) is 59.9 Å². The number of aromatic hydroxyl groups is 1. The molecule has 2 aromatic heterocycles. The number of H-pyrrole nitrogens is 2. The maximum atomic E-state index is 9.84. The molecule has 2 aliphatic heterocycles. The maximum Gasteiger partial charge on any atom is 0.159 e. The number of imidazole rings is 1. The maximum absolute atomic E-state index is 9.84. The summed E-state index contributed by atoms with van der Waals surface area (Å²) in [6, 6.07) is 12.6. The van der Waals surface area contributed by atoms with Gasteiger partial charge in [0.05, 0.1) is 11.2 Å². The molecule has 6 rings (SSSR count).